The van der Waals surface area contributed by atoms with Crippen LogP contribution in [0.15, 0.2) is 28.9 Å². The first-order valence-corrected chi connectivity index (χ1v) is 13.2. The molecule has 12 heteroatoms. The van der Waals surface area contributed by atoms with Gasteiger partial charge < -0.3 is 19.2 Å². The number of aryl methyl sites for hydroxylation is 1. The van der Waals surface area contributed by atoms with Crippen LogP contribution in [0.2, 0.25) is 10.3 Å². The van der Waals surface area contributed by atoms with Crippen LogP contribution in [0, 0.1) is 6.92 Å². The van der Waals surface area contributed by atoms with Gasteiger partial charge in [-0.3, -0.25) is 4.90 Å². The van der Waals surface area contributed by atoms with E-state index < -0.39 is 35.6 Å². The van der Waals surface area contributed by atoms with Crippen molar-refractivity contribution in [3.63, 3.8) is 0 Å². The number of furan rings is 1. The molecule has 0 spiro atoms. The van der Waals surface area contributed by atoms with Crippen LogP contribution in [0.4, 0.5) is 19.7 Å². The topological polar surface area (TPSA) is 98.3 Å². The molecule has 0 aliphatic rings. The van der Waals surface area contributed by atoms with E-state index in [1.165, 1.54) is 28.7 Å². The van der Waals surface area contributed by atoms with Crippen LogP contribution >= 0.6 is 23.2 Å². The number of hydrogen-bond acceptors (Lipinski definition) is 6. The summed E-state index contributed by atoms with van der Waals surface area (Å²) in [6, 6.07) is 4.03. The lowest BCUT2D eigenvalue weighted by atomic mass is 10.0. The van der Waals surface area contributed by atoms with E-state index in [0.717, 1.165) is 0 Å². The second-order valence-electron chi connectivity index (χ2n) is 11.3. The van der Waals surface area contributed by atoms with Crippen molar-refractivity contribution >= 4 is 46.6 Å². The van der Waals surface area contributed by atoms with Crippen molar-refractivity contribution < 1.29 is 27.9 Å². The van der Waals surface area contributed by atoms with Crippen molar-refractivity contribution in [2.75, 3.05) is 4.90 Å². The van der Waals surface area contributed by atoms with Gasteiger partial charge in [-0.15, -0.1) is 0 Å². The van der Waals surface area contributed by atoms with Gasteiger partial charge >= 0.3 is 12.2 Å². The maximum Gasteiger partial charge on any atom is 0.415 e. The van der Waals surface area contributed by atoms with E-state index in [4.69, 9.17) is 37.1 Å². The van der Waals surface area contributed by atoms with E-state index >= 15 is 0 Å². The van der Waals surface area contributed by atoms with E-state index in [1.54, 1.807) is 60.6 Å². The average Bonchev–Trinajstić information content (AvgIpc) is 3.36. The molecular formula is C27H35Cl2FN4O5. The fraction of sp³-hybridized carbons (Fsp3) is 0.519. The second-order valence-corrected chi connectivity index (χ2v) is 12.0. The number of aromatic nitrogens is 2. The van der Waals surface area contributed by atoms with Gasteiger partial charge in [-0.25, -0.2) is 18.5 Å². The zero-order chi connectivity index (χ0) is 29.3. The third kappa shape index (κ3) is 7.79. The van der Waals surface area contributed by atoms with Crippen molar-refractivity contribution in [1.29, 1.82) is 0 Å². The van der Waals surface area contributed by atoms with Crippen molar-refractivity contribution in [2.45, 2.75) is 91.8 Å². The molecule has 2 amide bonds. The van der Waals surface area contributed by atoms with Gasteiger partial charge in [0.05, 0.1) is 30.1 Å². The molecule has 39 heavy (non-hydrogen) atoms. The molecular weight excluding hydrogens is 550 g/mol. The summed E-state index contributed by atoms with van der Waals surface area (Å²) in [5.41, 5.74) is 0.477. The highest BCUT2D eigenvalue weighted by Crippen LogP contribution is 2.36. The van der Waals surface area contributed by atoms with E-state index in [2.05, 4.69) is 10.4 Å². The lowest BCUT2D eigenvalue weighted by molar-refractivity contribution is 0.0476. The first-order valence-electron chi connectivity index (χ1n) is 12.5. The van der Waals surface area contributed by atoms with Crippen LogP contribution in [0.5, 0.6) is 0 Å². The first kappa shape index (κ1) is 30.6. The minimum Gasteiger partial charge on any atom is -0.467 e. The number of anilines is 1. The molecule has 3 heterocycles. The molecule has 9 nitrogen and oxygen atoms in total. The lowest BCUT2D eigenvalue weighted by Gasteiger charge is -2.27. The number of nitrogens with one attached hydrogen (secondary N) is 1. The van der Waals surface area contributed by atoms with Crippen molar-refractivity contribution in [3.8, 4) is 0 Å². The number of carbonyl (C=O) groups excluding carboxylic acids is 2. The van der Waals surface area contributed by atoms with Crippen LogP contribution in [0.1, 0.15) is 65.4 Å². The Morgan fingerprint density at radius 3 is 2.36 bits per heavy atom. The quantitative estimate of drug-likeness (QED) is 0.313. The Morgan fingerprint density at radius 1 is 1.18 bits per heavy atom. The molecule has 0 saturated carbocycles. The summed E-state index contributed by atoms with van der Waals surface area (Å²) in [7, 11) is 0. The summed E-state index contributed by atoms with van der Waals surface area (Å²) in [5.74, 6) is 0.510. The molecule has 214 valence electrons. The van der Waals surface area contributed by atoms with E-state index in [-0.39, 0.29) is 23.3 Å². The fourth-order valence-corrected chi connectivity index (χ4v) is 4.48. The number of ether oxygens (including phenoxy) is 2. The Hall–Kier alpha value is -2.98. The average molecular weight is 586 g/mol. The normalized spacial score (nSPS) is 13.7. The van der Waals surface area contributed by atoms with E-state index in [1.807, 2.05) is 0 Å². The molecule has 3 aromatic rings. The molecule has 3 rings (SSSR count). The molecule has 0 unspecified atom stereocenters. The smallest absolute Gasteiger partial charge is 0.415 e. The van der Waals surface area contributed by atoms with Gasteiger partial charge in [-0.05, 0) is 85.1 Å². The lowest BCUT2D eigenvalue weighted by Crippen LogP contribution is -2.44. The zero-order valence-corrected chi connectivity index (χ0v) is 24.9. The number of carbonyl (C=O) groups is 2. The predicted octanol–water partition coefficient (Wildman–Crippen LogP) is 7.28. The number of amides is 2. The number of fused-ring (bicyclic) bond motifs is 1. The first-order chi connectivity index (χ1) is 18.0. The van der Waals surface area contributed by atoms with Crippen LogP contribution in [-0.4, -0.2) is 45.2 Å². The second kappa shape index (κ2) is 11.6. The molecule has 0 radical (unpaired) electrons. The number of hydrogen-bond donors (Lipinski definition) is 1. The van der Waals surface area contributed by atoms with Crippen molar-refractivity contribution in [2.24, 2.45) is 0 Å². The maximum absolute atomic E-state index is 14.7. The van der Waals surface area contributed by atoms with Gasteiger partial charge in [-0.1, -0.05) is 23.2 Å². The molecule has 1 N–H and O–H groups in total. The SMILES string of the molecule is Cc1c(C[C@@H](NC(=O)OC(C)(C)C)[C@H](C)F)c(Cl)n2nc(Cl)cc(N(Cc3ccco3)C(=O)OC(C)(C)C)c12. The Bertz CT molecular complexity index is 1330. The molecule has 0 aliphatic carbocycles. The highest BCUT2D eigenvalue weighted by atomic mass is 35.5. The molecule has 0 fully saturated rings. The molecule has 2 atom stereocenters. The monoisotopic (exact) mass is 584 g/mol. The third-order valence-electron chi connectivity index (χ3n) is 5.63. The largest absolute Gasteiger partial charge is 0.467 e. The van der Waals surface area contributed by atoms with Crippen molar-refractivity contribution in [1.82, 2.24) is 14.9 Å². The third-order valence-corrected chi connectivity index (χ3v) is 6.20. The minimum atomic E-state index is -1.43. The van der Waals surface area contributed by atoms with E-state index in [9.17, 15) is 14.0 Å². The number of rotatable bonds is 7. The molecule has 0 aliphatic heterocycles. The Kier molecular flexibility index (Phi) is 9.12. The predicted molar refractivity (Wildman–Crippen MR) is 149 cm³/mol. The van der Waals surface area contributed by atoms with Gasteiger partial charge in [0, 0.05) is 6.07 Å². The van der Waals surface area contributed by atoms with Gasteiger partial charge in [0.1, 0.15) is 28.3 Å². The summed E-state index contributed by atoms with van der Waals surface area (Å²) in [6.07, 6.45) is -1.27. The summed E-state index contributed by atoms with van der Waals surface area (Å²) in [4.78, 5) is 27.2. The Balaban J connectivity index is 2.10. The highest BCUT2D eigenvalue weighted by molar-refractivity contribution is 6.32. The molecule has 0 saturated heterocycles. The van der Waals surface area contributed by atoms with Gasteiger partial charge in [-0.2, -0.15) is 5.10 Å². The summed E-state index contributed by atoms with van der Waals surface area (Å²) < 4.78 is 32.5. The van der Waals surface area contributed by atoms with Crippen LogP contribution in [0.25, 0.3) is 5.52 Å². The number of alkyl carbamates (subject to hydrolysis) is 1. The Morgan fingerprint density at radius 2 is 1.82 bits per heavy atom. The summed E-state index contributed by atoms with van der Waals surface area (Å²) in [6.45, 7) is 13.6. The molecule has 0 bridgehead atoms. The van der Waals surface area contributed by atoms with Crippen LogP contribution in [0.3, 0.4) is 0 Å². The molecule has 0 aromatic carbocycles. The number of halogens is 3. The van der Waals surface area contributed by atoms with Gasteiger partial charge in [0.25, 0.3) is 0 Å². The minimum absolute atomic E-state index is 0.0343. The number of alkyl halides is 1. The Labute approximate surface area is 237 Å². The van der Waals surface area contributed by atoms with Crippen molar-refractivity contribution in [3.05, 3.63) is 51.7 Å². The van der Waals surface area contributed by atoms with Gasteiger partial charge in [0.2, 0.25) is 0 Å². The summed E-state index contributed by atoms with van der Waals surface area (Å²) in [5, 5.41) is 7.17. The van der Waals surface area contributed by atoms with Crippen LogP contribution < -0.4 is 10.2 Å². The van der Waals surface area contributed by atoms with Crippen LogP contribution in [-0.2, 0) is 22.4 Å². The highest BCUT2D eigenvalue weighted by Gasteiger charge is 2.31. The summed E-state index contributed by atoms with van der Waals surface area (Å²) >= 11 is 13.1. The number of nitrogens with zero attached hydrogens (tertiary/aromatic N) is 3. The standard InChI is InChI=1S/C27H35Cl2FN4O5/c1-15-18(12-19(16(2)30)31-24(35)38-26(3,4)5)23(29)34-22(15)20(13-21(28)32-34)33(14-17-10-9-11-37-17)25(36)39-27(6,7)8/h9-11,13,16,19H,12,14H2,1-8H3,(H,31,35)/t16-,19+/m0/s1. The fourth-order valence-electron chi connectivity index (χ4n) is 3.96. The maximum atomic E-state index is 14.7. The molecule has 3 aromatic heterocycles. The van der Waals surface area contributed by atoms with Gasteiger partial charge in [0.15, 0.2) is 5.15 Å². The van der Waals surface area contributed by atoms with E-state index in [0.29, 0.717) is 28.1 Å². The zero-order valence-electron chi connectivity index (χ0n) is 23.4.